The lowest BCUT2D eigenvalue weighted by Crippen LogP contribution is -2.50. The molecule has 1 aliphatic rings. The first-order valence-corrected chi connectivity index (χ1v) is 11.4. The summed E-state index contributed by atoms with van der Waals surface area (Å²) in [5, 5.41) is 3.76. The zero-order chi connectivity index (χ0) is 18.8. The molecule has 140 valence electrons. The average molecular weight is 390 g/mol. The maximum Gasteiger partial charge on any atom is 0.180 e. The van der Waals surface area contributed by atoms with Gasteiger partial charge in [0.1, 0.15) is 0 Å². The second-order valence-corrected chi connectivity index (χ2v) is 9.68. The molecule has 26 heavy (non-hydrogen) atoms. The molecule has 2 aromatic carbocycles. The van der Waals surface area contributed by atoms with Crippen molar-refractivity contribution < 1.29 is 8.42 Å². The highest BCUT2D eigenvalue weighted by Crippen LogP contribution is 2.38. The van der Waals surface area contributed by atoms with E-state index in [1.54, 1.807) is 6.07 Å². The fraction of sp³-hybridized carbons (Fsp3) is 0.429. The first kappa shape index (κ1) is 19.5. The molecule has 2 aromatic rings. The third-order valence-electron chi connectivity index (χ3n) is 5.38. The number of thiol groups is 1. The highest BCUT2D eigenvalue weighted by molar-refractivity contribution is 7.91. The monoisotopic (exact) mass is 389 g/mol. The summed E-state index contributed by atoms with van der Waals surface area (Å²) < 4.78 is 26.6. The van der Waals surface area contributed by atoms with Gasteiger partial charge in [-0.15, -0.1) is 12.6 Å². The van der Waals surface area contributed by atoms with Crippen LogP contribution in [0.3, 0.4) is 0 Å². The van der Waals surface area contributed by atoms with Gasteiger partial charge in [-0.05, 0) is 36.1 Å². The van der Waals surface area contributed by atoms with E-state index in [1.165, 1.54) is 0 Å². The Hall–Kier alpha value is -1.30. The molecule has 1 N–H and O–H groups in total. The zero-order valence-electron chi connectivity index (χ0n) is 15.4. The van der Waals surface area contributed by atoms with Crippen LogP contribution in [0.1, 0.15) is 56.7 Å². The predicted octanol–water partition coefficient (Wildman–Crippen LogP) is 4.78. The van der Waals surface area contributed by atoms with E-state index in [2.05, 4.69) is 43.9 Å². The molecule has 0 bridgehead atoms. The van der Waals surface area contributed by atoms with Gasteiger partial charge in [0.25, 0.3) is 0 Å². The van der Waals surface area contributed by atoms with Gasteiger partial charge in [0, 0.05) is 10.4 Å². The summed E-state index contributed by atoms with van der Waals surface area (Å²) >= 11 is 4.39. The molecule has 0 fully saturated rings. The van der Waals surface area contributed by atoms with E-state index in [4.69, 9.17) is 0 Å². The number of nitrogens with one attached hydrogen (secondary N) is 1. The fourth-order valence-electron chi connectivity index (χ4n) is 3.85. The van der Waals surface area contributed by atoms with E-state index in [0.717, 1.165) is 36.8 Å². The molecular weight excluding hydrogens is 362 g/mol. The van der Waals surface area contributed by atoms with Crippen molar-refractivity contribution in [3.8, 4) is 0 Å². The summed E-state index contributed by atoms with van der Waals surface area (Å²) in [5.74, 6) is 0.129. The number of fused-ring (bicyclic) bond motifs is 1. The minimum Gasteiger partial charge on any atom is -0.300 e. The van der Waals surface area contributed by atoms with Crippen molar-refractivity contribution in [2.75, 3.05) is 5.75 Å². The quantitative estimate of drug-likeness (QED) is 0.724. The Morgan fingerprint density at radius 1 is 1.15 bits per heavy atom. The zero-order valence-corrected chi connectivity index (χ0v) is 17.1. The Balaban J connectivity index is 2.20. The van der Waals surface area contributed by atoms with Gasteiger partial charge in [0.2, 0.25) is 0 Å². The molecule has 0 radical (unpaired) electrons. The maximum absolute atomic E-state index is 13.3. The summed E-state index contributed by atoms with van der Waals surface area (Å²) in [4.78, 5) is 1.09. The predicted molar refractivity (Wildman–Crippen MR) is 110 cm³/mol. The molecule has 2 atom stereocenters. The third-order valence-corrected chi connectivity index (χ3v) is 7.61. The number of rotatable bonds is 5. The van der Waals surface area contributed by atoms with Gasteiger partial charge >= 0.3 is 0 Å². The van der Waals surface area contributed by atoms with Gasteiger partial charge in [0.15, 0.2) is 9.84 Å². The van der Waals surface area contributed by atoms with Gasteiger partial charge < -0.3 is 0 Å². The summed E-state index contributed by atoms with van der Waals surface area (Å²) in [5.41, 5.74) is 1.48. The Morgan fingerprint density at radius 2 is 1.88 bits per heavy atom. The Morgan fingerprint density at radius 3 is 2.54 bits per heavy atom. The highest BCUT2D eigenvalue weighted by Gasteiger charge is 2.41. The molecule has 3 nitrogen and oxygen atoms in total. The fourth-order valence-corrected chi connectivity index (χ4v) is 6.30. The van der Waals surface area contributed by atoms with E-state index in [9.17, 15) is 8.42 Å². The van der Waals surface area contributed by atoms with Gasteiger partial charge in [-0.25, -0.2) is 8.42 Å². The third kappa shape index (κ3) is 3.85. The smallest absolute Gasteiger partial charge is 0.180 e. The van der Waals surface area contributed by atoms with E-state index >= 15 is 0 Å². The van der Waals surface area contributed by atoms with Crippen molar-refractivity contribution in [3.05, 3.63) is 59.7 Å². The van der Waals surface area contributed by atoms with Crippen LogP contribution >= 0.6 is 12.6 Å². The van der Waals surface area contributed by atoms with Crippen LogP contribution in [0.15, 0.2) is 58.3 Å². The van der Waals surface area contributed by atoms with Gasteiger partial charge in [-0.1, -0.05) is 63.1 Å². The van der Waals surface area contributed by atoms with Crippen LogP contribution in [0.5, 0.6) is 0 Å². The van der Waals surface area contributed by atoms with Crippen LogP contribution in [-0.4, -0.2) is 19.7 Å². The Labute approximate surface area is 162 Å². The van der Waals surface area contributed by atoms with Crippen LogP contribution in [0.2, 0.25) is 0 Å². The first-order valence-electron chi connectivity index (χ1n) is 9.29. The lowest BCUT2D eigenvalue weighted by Gasteiger charge is -2.35. The minimum absolute atomic E-state index is 0.129. The lowest BCUT2D eigenvalue weighted by atomic mass is 9.88. The molecule has 2 unspecified atom stereocenters. The first-order chi connectivity index (χ1) is 12.4. The minimum atomic E-state index is -3.40. The molecule has 0 aromatic heterocycles. The van der Waals surface area contributed by atoms with E-state index in [1.807, 2.05) is 30.3 Å². The number of hydrogen-bond donors (Lipinski definition) is 2. The molecule has 0 aliphatic carbocycles. The van der Waals surface area contributed by atoms with Crippen molar-refractivity contribution in [2.45, 2.75) is 60.9 Å². The van der Waals surface area contributed by atoms with Gasteiger partial charge in [0.05, 0.1) is 16.7 Å². The molecule has 0 saturated heterocycles. The molecule has 3 rings (SSSR count). The number of hydrogen-bond acceptors (Lipinski definition) is 4. The van der Waals surface area contributed by atoms with Crippen LogP contribution < -0.4 is 5.32 Å². The second-order valence-electron chi connectivity index (χ2n) is 7.21. The van der Waals surface area contributed by atoms with Crippen molar-refractivity contribution in [3.63, 3.8) is 0 Å². The Bertz CT molecular complexity index is 865. The number of sulfone groups is 1. The molecule has 0 spiro atoms. The molecule has 5 heteroatoms. The summed E-state index contributed by atoms with van der Waals surface area (Å²) in [6, 6.07) is 15.5. The van der Waals surface area contributed by atoms with Gasteiger partial charge in [-0.3, -0.25) is 5.32 Å². The Kier molecular flexibility index (Phi) is 5.80. The van der Waals surface area contributed by atoms with Crippen molar-refractivity contribution in [2.24, 2.45) is 0 Å². The molecule has 0 saturated carbocycles. The molecular formula is C21H27NO2S2. The summed E-state index contributed by atoms with van der Waals surface area (Å²) in [6.45, 7) is 4.23. The maximum atomic E-state index is 13.3. The van der Waals surface area contributed by atoms with Crippen molar-refractivity contribution in [1.82, 2.24) is 5.32 Å². The van der Waals surface area contributed by atoms with Crippen LogP contribution in [0.4, 0.5) is 0 Å². The van der Waals surface area contributed by atoms with E-state index in [-0.39, 0.29) is 11.8 Å². The molecule has 1 heterocycles. The van der Waals surface area contributed by atoms with E-state index in [0.29, 0.717) is 9.79 Å². The summed E-state index contributed by atoms with van der Waals surface area (Å²) in [7, 11) is -3.40. The summed E-state index contributed by atoms with van der Waals surface area (Å²) in [6.07, 6.45) is 3.68. The average Bonchev–Trinajstić information content (AvgIpc) is 2.74. The van der Waals surface area contributed by atoms with Crippen LogP contribution in [-0.2, 0) is 9.84 Å². The molecule has 1 aliphatic heterocycles. The highest BCUT2D eigenvalue weighted by atomic mass is 32.2. The normalized spacial score (nSPS) is 24.7. The van der Waals surface area contributed by atoms with Crippen molar-refractivity contribution >= 4 is 22.5 Å². The number of benzene rings is 2. The van der Waals surface area contributed by atoms with Crippen molar-refractivity contribution in [1.29, 1.82) is 0 Å². The standard InChI is InChI=1S/C21H27NO2S2/c1-3-5-13-21(4-2)15-26(23,24)19-14-17(25)11-12-18(19)20(22-21)16-9-7-6-8-10-16/h6-12,14,20,22,25H,3-5,13,15H2,1-2H3. The van der Waals surface area contributed by atoms with Gasteiger partial charge in [-0.2, -0.15) is 0 Å². The molecule has 0 amide bonds. The lowest BCUT2D eigenvalue weighted by molar-refractivity contribution is 0.295. The largest absolute Gasteiger partial charge is 0.300 e. The SMILES string of the molecule is CCCCC1(CC)CS(=O)(=O)c2cc(S)ccc2C(c2ccccc2)N1. The number of unbranched alkanes of at least 4 members (excludes halogenated alkanes) is 1. The topological polar surface area (TPSA) is 46.2 Å². The second kappa shape index (κ2) is 7.75. The van der Waals surface area contributed by atoms with E-state index < -0.39 is 15.4 Å². The van der Waals surface area contributed by atoms with Crippen LogP contribution in [0, 0.1) is 0 Å². The van der Waals surface area contributed by atoms with Crippen LogP contribution in [0.25, 0.3) is 0 Å².